The smallest absolute Gasteiger partial charge is 0.240 e. The SMILES string of the molecule is Cc1noc(CN2CCC(Oc3cccc4c3ccn4C)CC2)n1. The van der Waals surface area contributed by atoms with Crippen molar-refractivity contribution in [2.45, 2.75) is 32.4 Å². The van der Waals surface area contributed by atoms with Gasteiger partial charge in [-0.25, -0.2) is 0 Å². The standard InChI is InChI=1S/C18H22N4O2/c1-13-19-18(24-20-13)12-22-10-6-14(7-11-22)23-17-5-3-4-16-15(17)8-9-21(16)2/h3-5,8-9,14H,6-7,10-12H2,1-2H3. The molecule has 0 saturated carbocycles. The third-order valence-electron chi connectivity index (χ3n) is 4.64. The lowest BCUT2D eigenvalue weighted by atomic mass is 10.1. The zero-order chi connectivity index (χ0) is 16.5. The van der Waals surface area contributed by atoms with E-state index < -0.39 is 0 Å². The topological polar surface area (TPSA) is 56.3 Å². The Balaban J connectivity index is 1.37. The number of likely N-dealkylation sites (tertiary alicyclic amines) is 1. The first kappa shape index (κ1) is 15.2. The van der Waals surface area contributed by atoms with Crippen molar-refractivity contribution in [1.82, 2.24) is 19.6 Å². The third-order valence-corrected chi connectivity index (χ3v) is 4.64. The van der Waals surface area contributed by atoms with Gasteiger partial charge in [0.2, 0.25) is 5.89 Å². The Hall–Kier alpha value is -2.34. The van der Waals surface area contributed by atoms with Gasteiger partial charge in [0.15, 0.2) is 5.82 Å². The molecule has 1 aliphatic rings. The second-order valence-electron chi connectivity index (χ2n) is 6.44. The van der Waals surface area contributed by atoms with Crippen molar-refractivity contribution < 1.29 is 9.26 Å². The summed E-state index contributed by atoms with van der Waals surface area (Å²) in [6.07, 6.45) is 4.36. The fourth-order valence-corrected chi connectivity index (χ4v) is 3.34. The molecule has 3 heterocycles. The maximum absolute atomic E-state index is 6.29. The van der Waals surface area contributed by atoms with Crippen LogP contribution in [0.1, 0.15) is 24.6 Å². The summed E-state index contributed by atoms with van der Waals surface area (Å²) < 4.78 is 13.6. The van der Waals surface area contributed by atoms with Crippen molar-refractivity contribution in [2.24, 2.45) is 7.05 Å². The fourth-order valence-electron chi connectivity index (χ4n) is 3.34. The molecule has 0 aliphatic carbocycles. The number of aromatic nitrogens is 3. The molecule has 0 radical (unpaired) electrons. The molecule has 0 atom stereocenters. The molecule has 3 aromatic rings. The summed E-state index contributed by atoms with van der Waals surface area (Å²) >= 11 is 0. The van der Waals surface area contributed by atoms with Crippen LogP contribution in [0, 0.1) is 6.92 Å². The number of hydrogen-bond donors (Lipinski definition) is 0. The normalized spacial score (nSPS) is 16.8. The Morgan fingerprint density at radius 3 is 2.83 bits per heavy atom. The molecule has 6 heteroatoms. The molecular formula is C18H22N4O2. The number of rotatable bonds is 4. The van der Waals surface area contributed by atoms with Crippen LogP contribution in [0.15, 0.2) is 35.0 Å². The summed E-state index contributed by atoms with van der Waals surface area (Å²) in [7, 11) is 2.06. The molecule has 1 aromatic carbocycles. The van der Waals surface area contributed by atoms with E-state index in [1.165, 1.54) is 10.9 Å². The van der Waals surface area contributed by atoms with Gasteiger partial charge in [0.05, 0.1) is 12.1 Å². The van der Waals surface area contributed by atoms with Crippen molar-refractivity contribution in [3.63, 3.8) is 0 Å². The average Bonchev–Trinajstić information content (AvgIpc) is 3.16. The Morgan fingerprint density at radius 1 is 1.25 bits per heavy atom. The predicted octanol–water partition coefficient (Wildman–Crippen LogP) is 2.91. The highest BCUT2D eigenvalue weighted by atomic mass is 16.5. The van der Waals surface area contributed by atoms with Crippen LogP contribution in [0.5, 0.6) is 5.75 Å². The number of fused-ring (bicyclic) bond motifs is 1. The van der Waals surface area contributed by atoms with E-state index in [4.69, 9.17) is 9.26 Å². The lowest BCUT2D eigenvalue weighted by molar-refractivity contribution is 0.0915. The summed E-state index contributed by atoms with van der Waals surface area (Å²) in [4.78, 5) is 6.62. The van der Waals surface area contributed by atoms with Crippen LogP contribution in [0.25, 0.3) is 10.9 Å². The molecule has 1 fully saturated rings. The first-order chi connectivity index (χ1) is 11.7. The summed E-state index contributed by atoms with van der Waals surface area (Å²) in [5.74, 6) is 2.37. The van der Waals surface area contributed by atoms with Crippen LogP contribution in [0.4, 0.5) is 0 Å². The van der Waals surface area contributed by atoms with Crippen molar-refractivity contribution in [3.8, 4) is 5.75 Å². The van der Waals surface area contributed by atoms with E-state index in [1.807, 2.05) is 6.92 Å². The van der Waals surface area contributed by atoms with Crippen molar-refractivity contribution in [2.75, 3.05) is 13.1 Å². The lowest BCUT2D eigenvalue weighted by Gasteiger charge is -2.31. The van der Waals surface area contributed by atoms with E-state index in [1.54, 1.807) is 0 Å². The van der Waals surface area contributed by atoms with E-state index in [-0.39, 0.29) is 6.10 Å². The monoisotopic (exact) mass is 326 g/mol. The zero-order valence-corrected chi connectivity index (χ0v) is 14.1. The molecule has 126 valence electrons. The van der Waals surface area contributed by atoms with Crippen LogP contribution in [0.2, 0.25) is 0 Å². The molecule has 0 unspecified atom stereocenters. The van der Waals surface area contributed by atoms with Gasteiger partial charge in [0.25, 0.3) is 0 Å². The number of ether oxygens (including phenoxy) is 1. The number of aryl methyl sites for hydroxylation is 2. The van der Waals surface area contributed by atoms with Crippen LogP contribution >= 0.6 is 0 Å². The number of nitrogens with zero attached hydrogens (tertiary/aromatic N) is 4. The minimum Gasteiger partial charge on any atom is -0.490 e. The molecular weight excluding hydrogens is 304 g/mol. The molecule has 24 heavy (non-hydrogen) atoms. The molecule has 4 rings (SSSR count). The quantitative estimate of drug-likeness (QED) is 0.738. The molecule has 2 aromatic heterocycles. The Bertz CT molecular complexity index is 831. The number of benzene rings is 1. The van der Waals surface area contributed by atoms with E-state index in [2.05, 4.69) is 57.1 Å². The van der Waals surface area contributed by atoms with Gasteiger partial charge < -0.3 is 13.8 Å². The number of hydrogen-bond acceptors (Lipinski definition) is 5. The van der Waals surface area contributed by atoms with Gasteiger partial charge in [-0.2, -0.15) is 4.98 Å². The fraction of sp³-hybridized carbons (Fsp3) is 0.444. The van der Waals surface area contributed by atoms with Gasteiger partial charge in [-0.1, -0.05) is 11.2 Å². The van der Waals surface area contributed by atoms with Crippen molar-refractivity contribution >= 4 is 10.9 Å². The number of piperidine rings is 1. The molecule has 1 saturated heterocycles. The highest BCUT2D eigenvalue weighted by Crippen LogP contribution is 2.28. The Labute approximate surface area is 141 Å². The van der Waals surface area contributed by atoms with Gasteiger partial charge in [-0.15, -0.1) is 0 Å². The van der Waals surface area contributed by atoms with Gasteiger partial charge in [0, 0.05) is 31.7 Å². The van der Waals surface area contributed by atoms with E-state index in [0.29, 0.717) is 11.7 Å². The van der Waals surface area contributed by atoms with Gasteiger partial charge in [0.1, 0.15) is 11.9 Å². The van der Waals surface area contributed by atoms with Crippen molar-refractivity contribution in [1.29, 1.82) is 0 Å². The van der Waals surface area contributed by atoms with Crippen LogP contribution in [0.3, 0.4) is 0 Å². The average molecular weight is 326 g/mol. The minimum atomic E-state index is 0.261. The van der Waals surface area contributed by atoms with Gasteiger partial charge >= 0.3 is 0 Å². The maximum Gasteiger partial charge on any atom is 0.240 e. The molecule has 0 bridgehead atoms. The van der Waals surface area contributed by atoms with E-state index >= 15 is 0 Å². The third kappa shape index (κ3) is 3.01. The summed E-state index contributed by atoms with van der Waals surface area (Å²) in [6.45, 7) is 4.53. The van der Waals surface area contributed by atoms with E-state index in [9.17, 15) is 0 Å². The summed E-state index contributed by atoms with van der Waals surface area (Å²) in [6, 6.07) is 8.37. The molecule has 6 nitrogen and oxygen atoms in total. The van der Waals surface area contributed by atoms with Gasteiger partial charge in [-0.3, -0.25) is 4.90 Å². The van der Waals surface area contributed by atoms with Crippen LogP contribution < -0.4 is 4.74 Å². The summed E-state index contributed by atoms with van der Waals surface area (Å²) in [5.41, 5.74) is 1.21. The lowest BCUT2D eigenvalue weighted by Crippen LogP contribution is -2.37. The first-order valence-electron chi connectivity index (χ1n) is 8.41. The maximum atomic E-state index is 6.29. The van der Waals surface area contributed by atoms with E-state index in [0.717, 1.165) is 38.2 Å². The highest BCUT2D eigenvalue weighted by Gasteiger charge is 2.22. The first-order valence-corrected chi connectivity index (χ1v) is 8.41. The highest BCUT2D eigenvalue weighted by molar-refractivity contribution is 5.86. The van der Waals surface area contributed by atoms with Crippen molar-refractivity contribution in [3.05, 3.63) is 42.2 Å². The van der Waals surface area contributed by atoms with Gasteiger partial charge in [-0.05, 0) is 38.0 Å². The minimum absolute atomic E-state index is 0.261. The second-order valence-corrected chi connectivity index (χ2v) is 6.44. The second kappa shape index (κ2) is 6.28. The largest absolute Gasteiger partial charge is 0.490 e. The predicted molar refractivity (Wildman–Crippen MR) is 90.9 cm³/mol. The Morgan fingerprint density at radius 2 is 2.08 bits per heavy atom. The Kier molecular flexibility index (Phi) is 3.98. The zero-order valence-electron chi connectivity index (χ0n) is 14.1. The van der Waals surface area contributed by atoms with Crippen LogP contribution in [-0.4, -0.2) is 38.8 Å². The summed E-state index contributed by atoms with van der Waals surface area (Å²) in [5, 5.41) is 5.03. The molecule has 1 aliphatic heterocycles. The molecule has 0 N–H and O–H groups in total. The molecule has 0 spiro atoms. The molecule has 0 amide bonds. The van der Waals surface area contributed by atoms with Crippen LogP contribution in [-0.2, 0) is 13.6 Å².